The number of nitrogens with zero attached hydrogens (tertiary/aromatic N) is 1. The maximum atomic E-state index is 11.3. The van der Waals surface area contributed by atoms with Crippen molar-refractivity contribution in [2.45, 2.75) is 31.4 Å². The molecule has 2 fully saturated rings. The van der Waals surface area contributed by atoms with Crippen LogP contribution in [0.4, 0.5) is 0 Å². The smallest absolute Gasteiger partial charge is 0.223 e. The summed E-state index contributed by atoms with van der Waals surface area (Å²) in [7, 11) is 0. The molecule has 12 heavy (non-hydrogen) atoms. The highest BCUT2D eigenvalue weighted by Gasteiger charge is 2.38. The lowest BCUT2D eigenvalue weighted by Gasteiger charge is -2.34. The highest BCUT2D eigenvalue weighted by molar-refractivity contribution is 5.79. The van der Waals surface area contributed by atoms with E-state index in [9.17, 15) is 9.90 Å². The van der Waals surface area contributed by atoms with Crippen LogP contribution in [0, 0.1) is 0 Å². The fourth-order valence-corrected chi connectivity index (χ4v) is 2.07. The van der Waals surface area contributed by atoms with Crippen molar-refractivity contribution in [2.24, 2.45) is 0 Å². The second kappa shape index (κ2) is 2.59. The molecule has 2 rings (SSSR count). The van der Waals surface area contributed by atoms with Crippen LogP contribution < -0.4 is 0 Å². The topological polar surface area (TPSA) is 40.5 Å². The molecular weight excluding hydrogens is 154 g/mol. The normalized spacial score (nSPS) is 35.6. The van der Waals surface area contributed by atoms with E-state index in [1.807, 2.05) is 4.90 Å². The number of hydrogen-bond acceptors (Lipinski definition) is 2. The first-order chi connectivity index (χ1) is 5.70. The molecule has 0 unspecified atom stereocenters. The molecule has 2 aliphatic heterocycles. The van der Waals surface area contributed by atoms with Gasteiger partial charge in [0.25, 0.3) is 0 Å². The number of aliphatic hydroxyl groups is 1. The number of rotatable bonds is 0. The summed E-state index contributed by atoms with van der Waals surface area (Å²) < 4.78 is 0. The minimum absolute atomic E-state index is 0.126. The summed E-state index contributed by atoms with van der Waals surface area (Å²) in [5.74, 6) is 0.216. The Balaban J connectivity index is 2.19. The molecule has 0 aromatic rings. The van der Waals surface area contributed by atoms with Crippen molar-refractivity contribution in [1.29, 1.82) is 0 Å². The molecule has 3 nitrogen and oxygen atoms in total. The minimum Gasteiger partial charge on any atom is -0.389 e. The second-order valence-electron chi connectivity index (χ2n) is 3.52. The molecule has 0 aromatic heterocycles. The van der Waals surface area contributed by atoms with Gasteiger partial charge in [-0.2, -0.15) is 0 Å². The van der Waals surface area contributed by atoms with E-state index >= 15 is 0 Å². The number of hydrogen-bond donors (Lipinski definition) is 1. The van der Waals surface area contributed by atoms with Gasteiger partial charge in [-0.1, -0.05) is 6.58 Å². The number of amides is 1. The SMILES string of the molecule is C=C1[C@H]2CCC(=O)N2CC[C@@H]1O. The highest BCUT2D eigenvalue weighted by Crippen LogP contribution is 2.30. The Hall–Kier alpha value is -0.830. The van der Waals surface area contributed by atoms with E-state index in [4.69, 9.17) is 0 Å². The van der Waals surface area contributed by atoms with Crippen LogP contribution in [0.3, 0.4) is 0 Å². The van der Waals surface area contributed by atoms with Crippen LogP contribution in [0.25, 0.3) is 0 Å². The van der Waals surface area contributed by atoms with Crippen molar-refractivity contribution in [3.8, 4) is 0 Å². The Kier molecular flexibility index (Phi) is 1.68. The molecule has 2 saturated heterocycles. The monoisotopic (exact) mass is 167 g/mol. The van der Waals surface area contributed by atoms with Gasteiger partial charge < -0.3 is 10.0 Å². The number of fused-ring (bicyclic) bond motifs is 1. The molecule has 2 atom stereocenters. The summed E-state index contributed by atoms with van der Waals surface area (Å²) in [4.78, 5) is 13.1. The van der Waals surface area contributed by atoms with Gasteiger partial charge in [0.15, 0.2) is 0 Å². The van der Waals surface area contributed by atoms with Gasteiger partial charge in [0.05, 0.1) is 12.1 Å². The van der Waals surface area contributed by atoms with E-state index in [2.05, 4.69) is 6.58 Å². The van der Waals surface area contributed by atoms with Crippen molar-refractivity contribution in [2.75, 3.05) is 6.54 Å². The average Bonchev–Trinajstić information content (AvgIpc) is 2.41. The number of carbonyl (C=O) groups is 1. The molecule has 0 aromatic carbocycles. The lowest BCUT2D eigenvalue weighted by Crippen LogP contribution is -2.43. The number of aliphatic hydroxyl groups excluding tert-OH is 1. The molecule has 2 heterocycles. The van der Waals surface area contributed by atoms with Crippen molar-refractivity contribution in [3.63, 3.8) is 0 Å². The summed E-state index contributed by atoms with van der Waals surface area (Å²) in [5, 5.41) is 9.47. The van der Waals surface area contributed by atoms with Crippen molar-refractivity contribution in [1.82, 2.24) is 4.90 Å². The molecule has 0 bridgehead atoms. The maximum absolute atomic E-state index is 11.3. The van der Waals surface area contributed by atoms with Crippen LogP contribution in [0.15, 0.2) is 12.2 Å². The van der Waals surface area contributed by atoms with Gasteiger partial charge in [0, 0.05) is 13.0 Å². The van der Waals surface area contributed by atoms with E-state index in [1.54, 1.807) is 0 Å². The van der Waals surface area contributed by atoms with Gasteiger partial charge in [-0.25, -0.2) is 0 Å². The van der Waals surface area contributed by atoms with Gasteiger partial charge in [-0.15, -0.1) is 0 Å². The summed E-state index contributed by atoms with van der Waals surface area (Å²) in [6, 6.07) is 0.126. The first-order valence-electron chi connectivity index (χ1n) is 4.36. The molecule has 3 heteroatoms. The third-order valence-corrected chi connectivity index (χ3v) is 2.83. The average molecular weight is 167 g/mol. The lowest BCUT2D eigenvalue weighted by molar-refractivity contribution is -0.129. The van der Waals surface area contributed by atoms with Gasteiger partial charge in [0.1, 0.15) is 0 Å². The molecule has 0 spiro atoms. The Labute approximate surface area is 71.7 Å². The molecule has 1 amide bonds. The Morgan fingerprint density at radius 2 is 2.25 bits per heavy atom. The summed E-state index contributed by atoms with van der Waals surface area (Å²) in [6.45, 7) is 4.53. The van der Waals surface area contributed by atoms with Crippen LogP contribution in [0.5, 0.6) is 0 Å². The van der Waals surface area contributed by atoms with Crippen LogP contribution in [-0.4, -0.2) is 34.6 Å². The highest BCUT2D eigenvalue weighted by atomic mass is 16.3. The lowest BCUT2D eigenvalue weighted by atomic mass is 9.95. The Morgan fingerprint density at radius 1 is 1.50 bits per heavy atom. The van der Waals surface area contributed by atoms with E-state index < -0.39 is 6.10 Å². The Bertz CT molecular complexity index is 237. The van der Waals surface area contributed by atoms with Crippen molar-refractivity contribution >= 4 is 5.91 Å². The Morgan fingerprint density at radius 3 is 3.00 bits per heavy atom. The van der Waals surface area contributed by atoms with Crippen LogP contribution in [0.2, 0.25) is 0 Å². The van der Waals surface area contributed by atoms with Crippen molar-refractivity contribution < 1.29 is 9.90 Å². The first kappa shape index (κ1) is 7.80. The molecule has 2 aliphatic rings. The first-order valence-corrected chi connectivity index (χ1v) is 4.36. The third kappa shape index (κ3) is 0.966. The van der Waals surface area contributed by atoms with E-state index in [0.29, 0.717) is 19.4 Å². The molecule has 0 radical (unpaired) electrons. The summed E-state index contributed by atoms with van der Waals surface area (Å²) >= 11 is 0. The predicted octanol–water partition coefficient (Wildman–Crippen LogP) is 0.298. The van der Waals surface area contributed by atoms with Crippen LogP contribution in [-0.2, 0) is 4.79 Å². The summed E-state index contributed by atoms with van der Waals surface area (Å²) in [5.41, 5.74) is 0.826. The predicted molar refractivity (Wildman–Crippen MR) is 44.5 cm³/mol. The molecule has 0 aliphatic carbocycles. The van der Waals surface area contributed by atoms with E-state index in [-0.39, 0.29) is 11.9 Å². The van der Waals surface area contributed by atoms with E-state index in [1.165, 1.54) is 0 Å². The number of piperidine rings is 1. The maximum Gasteiger partial charge on any atom is 0.223 e. The van der Waals surface area contributed by atoms with Gasteiger partial charge in [-0.3, -0.25) is 4.79 Å². The van der Waals surface area contributed by atoms with Crippen LogP contribution in [0.1, 0.15) is 19.3 Å². The standard InChI is InChI=1S/C9H13NO2/c1-6-7-2-3-9(12)10(7)5-4-8(6)11/h7-8,11H,1-5H2/t7-,8+/m1/s1. The van der Waals surface area contributed by atoms with E-state index in [0.717, 1.165) is 12.0 Å². The minimum atomic E-state index is -0.392. The molecule has 1 N–H and O–H groups in total. The second-order valence-corrected chi connectivity index (χ2v) is 3.52. The molecule has 0 saturated carbocycles. The van der Waals surface area contributed by atoms with Gasteiger partial charge in [0.2, 0.25) is 5.91 Å². The fourth-order valence-electron chi connectivity index (χ4n) is 2.07. The quantitative estimate of drug-likeness (QED) is 0.527. The number of carbonyl (C=O) groups excluding carboxylic acids is 1. The zero-order chi connectivity index (χ0) is 8.72. The molecular formula is C9H13NO2. The van der Waals surface area contributed by atoms with Crippen LogP contribution >= 0.6 is 0 Å². The zero-order valence-corrected chi connectivity index (χ0v) is 6.99. The molecule has 66 valence electrons. The largest absolute Gasteiger partial charge is 0.389 e. The fraction of sp³-hybridized carbons (Fsp3) is 0.667. The summed E-state index contributed by atoms with van der Waals surface area (Å²) in [6.07, 6.45) is 1.73. The zero-order valence-electron chi connectivity index (χ0n) is 6.99. The van der Waals surface area contributed by atoms with Crippen molar-refractivity contribution in [3.05, 3.63) is 12.2 Å². The van der Waals surface area contributed by atoms with Gasteiger partial charge in [-0.05, 0) is 18.4 Å². The van der Waals surface area contributed by atoms with Gasteiger partial charge >= 0.3 is 0 Å². The third-order valence-electron chi connectivity index (χ3n) is 2.83.